The second-order valence-electron chi connectivity index (χ2n) is 7.81. The summed E-state index contributed by atoms with van der Waals surface area (Å²) in [4.78, 5) is 14.8. The molecule has 10 nitrogen and oxygen atoms in total. The summed E-state index contributed by atoms with van der Waals surface area (Å²) >= 11 is 12.2. The normalized spacial score (nSPS) is 15.9. The van der Waals surface area contributed by atoms with Crippen LogP contribution in [0.2, 0.25) is 10.0 Å². The molecule has 0 saturated carbocycles. The summed E-state index contributed by atoms with van der Waals surface area (Å²) in [6.45, 7) is 4.65. The summed E-state index contributed by atoms with van der Waals surface area (Å²) in [7, 11) is 1.51. The van der Waals surface area contributed by atoms with Gasteiger partial charge in [0, 0.05) is 30.2 Å². The second-order valence-corrected chi connectivity index (χ2v) is 8.62. The van der Waals surface area contributed by atoms with Crippen LogP contribution in [-0.2, 0) is 4.74 Å². The number of guanidine groups is 1. The van der Waals surface area contributed by atoms with E-state index in [9.17, 15) is 0 Å². The summed E-state index contributed by atoms with van der Waals surface area (Å²) in [5, 5.41) is 17.0. The minimum atomic E-state index is -0.191. The fourth-order valence-electron chi connectivity index (χ4n) is 3.70. The fraction of sp³-hybridized carbons (Fsp3) is 0.333. The van der Waals surface area contributed by atoms with Crippen molar-refractivity contribution in [2.45, 2.75) is 13.0 Å². The van der Waals surface area contributed by atoms with Crippen LogP contribution in [0.4, 0.5) is 11.5 Å². The van der Waals surface area contributed by atoms with Gasteiger partial charge in [-0.3, -0.25) is 0 Å². The zero-order valence-electron chi connectivity index (χ0n) is 19.8. The van der Waals surface area contributed by atoms with Crippen LogP contribution in [0.5, 0.6) is 11.8 Å². The molecule has 4 rings (SSSR count). The van der Waals surface area contributed by atoms with Gasteiger partial charge < -0.3 is 29.7 Å². The highest BCUT2D eigenvalue weighted by atomic mass is 35.5. The van der Waals surface area contributed by atoms with Crippen molar-refractivity contribution in [3.8, 4) is 18.0 Å². The van der Waals surface area contributed by atoms with Crippen molar-refractivity contribution in [2.24, 2.45) is 4.99 Å². The molecule has 0 amide bonds. The number of ether oxygens (including phenoxy) is 3. The van der Waals surface area contributed by atoms with Gasteiger partial charge in [-0.1, -0.05) is 23.2 Å². The van der Waals surface area contributed by atoms with Crippen LogP contribution in [0.3, 0.4) is 0 Å². The molecule has 1 unspecified atom stereocenters. The number of aromatic nitrogens is 2. The molecule has 3 aromatic rings. The van der Waals surface area contributed by atoms with Crippen molar-refractivity contribution in [1.29, 1.82) is 5.26 Å². The predicted octanol–water partition coefficient (Wildman–Crippen LogP) is 4.21. The van der Waals surface area contributed by atoms with Crippen molar-refractivity contribution in [3.05, 3.63) is 46.4 Å². The molecule has 2 aromatic carbocycles. The fourth-order valence-corrected chi connectivity index (χ4v) is 4.00. The lowest BCUT2D eigenvalue weighted by atomic mass is 10.2. The first-order chi connectivity index (χ1) is 17.5. The summed E-state index contributed by atoms with van der Waals surface area (Å²) in [6.07, 6.45) is 1.65. The van der Waals surface area contributed by atoms with E-state index in [0.717, 1.165) is 11.1 Å². The lowest BCUT2D eigenvalue weighted by molar-refractivity contribution is -0.0294. The number of hydrogen-bond donors (Lipinski definition) is 2. The van der Waals surface area contributed by atoms with E-state index in [1.165, 1.54) is 7.11 Å². The topological polar surface area (TPSA) is 117 Å². The van der Waals surface area contributed by atoms with Crippen molar-refractivity contribution >= 4 is 51.6 Å². The lowest BCUT2D eigenvalue weighted by Gasteiger charge is -2.34. The van der Waals surface area contributed by atoms with Gasteiger partial charge in [0.1, 0.15) is 24.3 Å². The van der Waals surface area contributed by atoms with Gasteiger partial charge in [0.15, 0.2) is 0 Å². The third kappa shape index (κ3) is 6.18. The van der Waals surface area contributed by atoms with Gasteiger partial charge in [-0.05, 0) is 37.3 Å². The van der Waals surface area contributed by atoms with E-state index >= 15 is 0 Å². The molecule has 1 aliphatic rings. The molecule has 36 heavy (non-hydrogen) atoms. The van der Waals surface area contributed by atoms with Gasteiger partial charge in [0.05, 0.1) is 35.8 Å². The maximum absolute atomic E-state index is 8.97. The highest BCUT2D eigenvalue weighted by molar-refractivity contribution is 6.42. The monoisotopic (exact) mass is 529 g/mol. The highest BCUT2D eigenvalue weighted by Crippen LogP contribution is 2.31. The molecule has 1 fully saturated rings. The van der Waals surface area contributed by atoms with E-state index in [1.54, 1.807) is 12.1 Å². The molecule has 188 valence electrons. The maximum Gasteiger partial charge on any atom is 0.318 e. The van der Waals surface area contributed by atoms with Crippen LogP contribution >= 0.6 is 23.2 Å². The molecular formula is C24H25Cl2N7O3. The maximum atomic E-state index is 8.97. The number of hydrogen-bond acceptors (Lipinski definition) is 8. The van der Waals surface area contributed by atoms with Gasteiger partial charge in [-0.25, -0.2) is 0 Å². The van der Waals surface area contributed by atoms with Gasteiger partial charge in [-0.15, -0.1) is 4.99 Å². The Morgan fingerprint density at radius 2 is 2.11 bits per heavy atom. The number of nitriles is 1. The molecule has 12 heteroatoms. The highest BCUT2D eigenvalue weighted by Gasteiger charge is 2.24. The quantitative estimate of drug-likeness (QED) is 0.263. The molecule has 0 radical (unpaired) electrons. The molecule has 0 spiro atoms. The predicted molar refractivity (Wildman–Crippen MR) is 139 cm³/mol. The number of methoxy groups -OCH3 is 1. The summed E-state index contributed by atoms with van der Waals surface area (Å²) in [5.74, 6) is 1.73. The average molecular weight is 530 g/mol. The van der Waals surface area contributed by atoms with E-state index < -0.39 is 0 Å². The number of benzene rings is 2. The number of aliphatic imine (C=N–C) groups is 1. The number of anilines is 2. The average Bonchev–Trinajstić information content (AvgIpc) is 2.89. The van der Waals surface area contributed by atoms with Gasteiger partial charge in [-0.2, -0.15) is 15.2 Å². The molecule has 1 aromatic heterocycles. The molecular weight excluding hydrogens is 505 g/mol. The minimum absolute atomic E-state index is 0.191. The van der Waals surface area contributed by atoms with E-state index in [4.69, 9.17) is 42.7 Å². The Morgan fingerprint density at radius 1 is 1.25 bits per heavy atom. The molecule has 2 N–H and O–H groups in total. The number of nitrogens with zero attached hydrogens (tertiary/aromatic N) is 5. The van der Waals surface area contributed by atoms with Crippen LogP contribution in [0.1, 0.15) is 6.92 Å². The number of fused-ring (bicyclic) bond motifs is 1. The first-order valence-electron chi connectivity index (χ1n) is 11.3. The van der Waals surface area contributed by atoms with Crippen molar-refractivity contribution < 1.29 is 14.2 Å². The Labute approximate surface area is 218 Å². The lowest BCUT2D eigenvalue weighted by Crippen LogP contribution is -2.51. The largest absolute Gasteiger partial charge is 0.491 e. The minimum Gasteiger partial charge on any atom is -0.491 e. The van der Waals surface area contributed by atoms with Crippen molar-refractivity contribution in [2.75, 3.05) is 45.3 Å². The molecule has 1 saturated heterocycles. The SMILES string of the molecule is CCN/C(=N\C#N)N1CCOC(COc2ccc3c(Nc4ccc(Cl)c(Cl)c4)nc(OC)nc3c2)C1. The van der Waals surface area contributed by atoms with Gasteiger partial charge >= 0.3 is 6.01 Å². The van der Waals surface area contributed by atoms with Crippen LogP contribution in [0.15, 0.2) is 41.4 Å². The molecule has 0 bridgehead atoms. The van der Waals surface area contributed by atoms with Crippen LogP contribution in [0, 0.1) is 11.5 Å². The van der Waals surface area contributed by atoms with E-state index in [0.29, 0.717) is 65.9 Å². The third-order valence-corrected chi connectivity index (χ3v) is 6.12. The first kappa shape index (κ1) is 25.6. The number of rotatable bonds is 7. The molecule has 2 heterocycles. The van der Waals surface area contributed by atoms with Crippen molar-refractivity contribution in [3.63, 3.8) is 0 Å². The van der Waals surface area contributed by atoms with Crippen LogP contribution in [-0.4, -0.2) is 66.9 Å². The van der Waals surface area contributed by atoms with Crippen molar-refractivity contribution in [1.82, 2.24) is 20.2 Å². The first-order valence-corrected chi connectivity index (χ1v) is 12.0. The Balaban J connectivity index is 1.49. The molecule has 0 aliphatic carbocycles. The standard InChI is InChI=1S/C24H25Cl2N7O3/c1-3-28-23(29-14-27)33-8-9-35-17(12-33)13-36-16-5-6-18-21(11-16)31-24(34-2)32-22(18)30-15-4-7-19(25)20(26)10-15/h4-7,10-11,17H,3,8-9,12-13H2,1-2H3,(H,28,29)(H,30,31,32). The smallest absolute Gasteiger partial charge is 0.318 e. The third-order valence-electron chi connectivity index (χ3n) is 5.38. The Bertz CT molecular complexity index is 1300. The zero-order valence-corrected chi connectivity index (χ0v) is 21.3. The summed E-state index contributed by atoms with van der Waals surface area (Å²) in [5.41, 5.74) is 1.37. The zero-order chi connectivity index (χ0) is 25.5. The van der Waals surface area contributed by atoms with E-state index in [-0.39, 0.29) is 12.1 Å². The number of nitrogens with one attached hydrogen (secondary N) is 2. The van der Waals surface area contributed by atoms with E-state index in [1.807, 2.05) is 42.3 Å². The molecule has 1 aliphatic heterocycles. The van der Waals surface area contributed by atoms with Crippen LogP contribution < -0.4 is 20.1 Å². The Kier molecular flexibility index (Phi) is 8.48. The Hall–Kier alpha value is -3.52. The number of halogens is 2. The summed E-state index contributed by atoms with van der Waals surface area (Å²) < 4.78 is 17.2. The van der Waals surface area contributed by atoms with Gasteiger partial charge in [0.25, 0.3) is 0 Å². The second kappa shape index (κ2) is 11.9. The van der Waals surface area contributed by atoms with Gasteiger partial charge in [0.2, 0.25) is 12.2 Å². The van der Waals surface area contributed by atoms with E-state index in [2.05, 4.69) is 25.6 Å². The van der Waals surface area contributed by atoms with Crippen LogP contribution in [0.25, 0.3) is 10.9 Å². The summed E-state index contributed by atoms with van der Waals surface area (Å²) in [6, 6.07) is 11.0. The Morgan fingerprint density at radius 3 is 2.86 bits per heavy atom. The molecule has 1 atom stereocenters. The number of morpholine rings is 1.